The van der Waals surface area contributed by atoms with Crippen LogP contribution in [0.3, 0.4) is 0 Å². The van der Waals surface area contributed by atoms with Crippen molar-refractivity contribution in [2.75, 3.05) is 0 Å². The monoisotopic (exact) mass is 373 g/mol. The number of benzene rings is 2. The second-order valence-electron chi connectivity index (χ2n) is 6.51. The van der Waals surface area contributed by atoms with E-state index in [0.717, 1.165) is 11.3 Å². The molecule has 2 heterocycles. The zero-order valence-corrected chi connectivity index (χ0v) is 15.4. The number of nitrogens with zero attached hydrogens (tertiary/aromatic N) is 2. The highest BCUT2D eigenvalue weighted by molar-refractivity contribution is 5.88. The molecule has 2 aromatic heterocycles. The van der Waals surface area contributed by atoms with E-state index < -0.39 is 0 Å². The van der Waals surface area contributed by atoms with Crippen molar-refractivity contribution in [2.45, 2.75) is 13.0 Å². The second kappa shape index (κ2) is 7.52. The van der Waals surface area contributed by atoms with Crippen molar-refractivity contribution in [2.24, 2.45) is 7.05 Å². The molecule has 4 rings (SSSR count). The largest absolute Gasteiger partial charge is 0.459 e. The minimum atomic E-state index is -0.186. The van der Waals surface area contributed by atoms with Crippen molar-refractivity contribution < 1.29 is 9.21 Å². The van der Waals surface area contributed by atoms with Gasteiger partial charge in [-0.15, -0.1) is 0 Å². The summed E-state index contributed by atoms with van der Waals surface area (Å²) in [6.45, 7) is 0.287. The fraction of sp³-hybridized carbons (Fsp3) is 0.136. The number of furan rings is 1. The number of amides is 1. The summed E-state index contributed by atoms with van der Waals surface area (Å²) >= 11 is 0. The van der Waals surface area contributed by atoms with Crippen LogP contribution in [0, 0.1) is 0 Å². The zero-order valence-electron chi connectivity index (χ0n) is 15.4. The molecule has 0 fully saturated rings. The van der Waals surface area contributed by atoms with Crippen molar-refractivity contribution in [3.63, 3.8) is 0 Å². The molecule has 140 valence electrons. The maximum atomic E-state index is 12.4. The van der Waals surface area contributed by atoms with Gasteiger partial charge in [-0.25, -0.2) is 4.68 Å². The van der Waals surface area contributed by atoms with Gasteiger partial charge in [0.1, 0.15) is 11.5 Å². The van der Waals surface area contributed by atoms with Crippen LogP contribution in [0.2, 0.25) is 0 Å². The molecular weight excluding hydrogens is 354 g/mol. The summed E-state index contributed by atoms with van der Waals surface area (Å²) in [7, 11) is 1.59. The lowest BCUT2D eigenvalue weighted by molar-refractivity contribution is -0.120. The molecule has 6 nitrogen and oxygen atoms in total. The Bertz CT molecular complexity index is 1190. The minimum absolute atomic E-state index is 0.0842. The van der Waals surface area contributed by atoms with Crippen LogP contribution < -0.4 is 10.9 Å². The van der Waals surface area contributed by atoms with Crippen LogP contribution in [0.25, 0.3) is 22.1 Å². The molecule has 0 aliphatic rings. The van der Waals surface area contributed by atoms with Crippen molar-refractivity contribution in [1.82, 2.24) is 15.1 Å². The first-order valence-corrected chi connectivity index (χ1v) is 8.97. The number of carbonyl (C=O) groups excluding carboxylic acids is 1. The summed E-state index contributed by atoms with van der Waals surface area (Å²) in [6.07, 6.45) is 0.0842. The minimum Gasteiger partial charge on any atom is -0.459 e. The van der Waals surface area contributed by atoms with Crippen LogP contribution >= 0.6 is 0 Å². The summed E-state index contributed by atoms with van der Waals surface area (Å²) in [4.78, 5) is 24.6. The van der Waals surface area contributed by atoms with Gasteiger partial charge in [0.05, 0.1) is 24.0 Å². The van der Waals surface area contributed by atoms with E-state index in [1.807, 2.05) is 54.6 Å². The Morgan fingerprint density at radius 2 is 1.71 bits per heavy atom. The van der Waals surface area contributed by atoms with E-state index in [4.69, 9.17) is 4.42 Å². The van der Waals surface area contributed by atoms with Gasteiger partial charge in [0.25, 0.3) is 5.56 Å². The van der Waals surface area contributed by atoms with Gasteiger partial charge in [-0.05, 0) is 18.2 Å². The maximum absolute atomic E-state index is 12.4. The van der Waals surface area contributed by atoms with Gasteiger partial charge in [0, 0.05) is 18.0 Å². The van der Waals surface area contributed by atoms with Crippen LogP contribution in [0.4, 0.5) is 0 Å². The molecule has 0 spiro atoms. The third-order valence-corrected chi connectivity index (χ3v) is 4.54. The van der Waals surface area contributed by atoms with Crippen LogP contribution in [0.15, 0.2) is 75.9 Å². The highest BCUT2D eigenvalue weighted by atomic mass is 16.3. The Balaban J connectivity index is 1.46. The molecule has 0 aliphatic heterocycles. The predicted molar refractivity (Wildman–Crippen MR) is 107 cm³/mol. The normalized spacial score (nSPS) is 10.9. The second-order valence-corrected chi connectivity index (χ2v) is 6.51. The highest BCUT2D eigenvalue weighted by Crippen LogP contribution is 2.21. The number of carbonyl (C=O) groups is 1. The van der Waals surface area contributed by atoms with Crippen LogP contribution in [-0.2, 0) is 24.8 Å². The maximum Gasteiger partial charge on any atom is 0.274 e. The molecule has 28 heavy (non-hydrogen) atoms. The molecule has 6 heteroatoms. The Hall–Kier alpha value is -3.67. The molecule has 0 saturated carbocycles. The van der Waals surface area contributed by atoms with E-state index in [-0.39, 0.29) is 24.4 Å². The topological polar surface area (TPSA) is 77.1 Å². The SMILES string of the molecule is Cn1nc(CC(=O)NCc2ccc(-c3ccccc3)o2)c2ccccc2c1=O. The number of rotatable bonds is 5. The van der Waals surface area contributed by atoms with Crippen molar-refractivity contribution in [3.05, 3.63) is 88.5 Å². The Morgan fingerprint density at radius 3 is 2.50 bits per heavy atom. The summed E-state index contributed by atoms with van der Waals surface area (Å²) in [5, 5.41) is 8.37. The van der Waals surface area contributed by atoms with Crippen molar-refractivity contribution >= 4 is 16.7 Å². The first-order chi connectivity index (χ1) is 13.6. The highest BCUT2D eigenvalue weighted by Gasteiger charge is 2.13. The Kier molecular flexibility index (Phi) is 4.76. The molecule has 0 bridgehead atoms. The Labute approximate surface area is 161 Å². The zero-order chi connectivity index (χ0) is 19.5. The molecule has 0 aliphatic carbocycles. The van der Waals surface area contributed by atoms with Crippen LogP contribution in [-0.4, -0.2) is 15.7 Å². The van der Waals surface area contributed by atoms with E-state index in [1.165, 1.54) is 4.68 Å². The first-order valence-electron chi connectivity index (χ1n) is 8.97. The van der Waals surface area contributed by atoms with Gasteiger partial charge >= 0.3 is 0 Å². The van der Waals surface area contributed by atoms with Gasteiger partial charge in [0.15, 0.2) is 0 Å². The summed E-state index contributed by atoms with van der Waals surface area (Å²) in [5.41, 5.74) is 1.38. The average molecular weight is 373 g/mol. The van der Waals surface area contributed by atoms with E-state index in [0.29, 0.717) is 22.2 Å². The predicted octanol–water partition coefficient (Wildman–Crippen LogP) is 3.05. The number of nitrogens with one attached hydrogen (secondary N) is 1. The lowest BCUT2D eigenvalue weighted by Gasteiger charge is -2.08. The van der Waals surface area contributed by atoms with E-state index in [9.17, 15) is 9.59 Å². The molecule has 0 radical (unpaired) electrons. The smallest absolute Gasteiger partial charge is 0.274 e. The van der Waals surface area contributed by atoms with Gasteiger partial charge in [0.2, 0.25) is 5.91 Å². The van der Waals surface area contributed by atoms with Crippen molar-refractivity contribution in [1.29, 1.82) is 0 Å². The fourth-order valence-electron chi connectivity index (χ4n) is 3.14. The third-order valence-electron chi connectivity index (χ3n) is 4.54. The van der Waals surface area contributed by atoms with Gasteiger partial charge in [-0.1, -0.05) is 48.5 Å². The van der Waals surface area contributed by atoms with Crippen LogP contribution in [0.1, 0.15) is 11.5 Å². The van der Waals surface area contributed by atoms with E-state index >= 15 is 0 Å². The van der Waals surface area contributed by atoms with Gasteiger partial charge < -0.3 is 9.73 Å². The van der Waals surface area contributed by atoms with E-state index in [1.54, 1.807) is 19.2 Å². The quantitative estimate of drug-likeness (QED) is 0.583. The average Bonchev–Trinajstić information content (AvgIpc) is 3.20. The number of aromatic nitrogens is 2. The molecule has 1 N–H and O–H groups in total. The third kappa shape index (κ3) is 3.57. The van der Waals surface area contributed by atoms with E-state index in [2.05, 4.69) is 10.4 Å². The molecule has 2 aromatic carbocycles. The fourth-order valence-corrected chi connectivity index (χ4v) is 3.14. The summed E-state index contributed by atoms with van der Waals surface area (Å²) in [5.74, 6) is 1.25. The number of hydrogen-bond acceptors (Lipinski definition) is 4. The standard InChI is InChI=1S/C22H19N3O3/c1-25-22(27)18-10-6-5-9-17(18)19(24-25)13-21(26)23-14-16-11-12-20(28-16)15-7-3-2-4-8-15/h2-12H,13-14H2,1H3,(H,23,26). The Morgan fingerprint density at radius 1 is 1.00 bits per heavy atom. The molecule has 0 saturated heterocycles. The number of hydrogen-bond donors (Lipinski definition) is 1. The summed E-state index contributed by atoms with van der Waals surface area (Å²) in [6, 6.07) is 20.7. The van der Waals surface area contributed by atoms with Crippen molar-refractivity contribution in [3.8, 4) is 11.3 Å². The lowest BCUT2D eigenvalue weighted by Crippen LogP contribution is -2.27. The molecule has 0 unspecified atom stereocenters. The number of fused-ring (bicyclic) bond motifs is 1. The molecular formula is C22H19N3O3. The molecule has 1 amide bonds. The van der Waals surface area contributed by atoms with Gasteiger partial charge in [-0.3, -0.25) is 9.59 Å². The lowest BCUT2D eigenvalue weighted by atomic mass is 10.1. The van der Waals surface area contributed by atoms with Gasteiger partial charge in [-0.2, -0.15) is 5.10 Å². The summed E-state index contributed by atoms with van der Waals surface area (Å²) < 4.78 is 7.07. The number of aryl methyl sites for hydroxylation is 1. The molecule has 0 atom stereocenters. The first kappa shape index (κ1) is 17.7. The molecule has 4 aromatic rings. The van der Waals surface area contributed by atoms with Crippen LogP contribution in [0.5, 0.6) is 0 Å².